The summed E-state index contributed by atoms with van der Waals surface area (Å²) in [5, 5.41) is 18.2. The van der Waals surface area contributed by atoms with Crippen LogP contribution in [-0.4, -0.2) is 37.1 Å². The summed E-state index contributed by atoms with van der Waals surface area (Å²) in [6, 6.07) is 3.76. The molecule has 0 spiro atoms. The van der Waals surface area contributed by atoms with E-state index in [9.17, 15) is 5.11 Å². The SMILES string of the molecule is COCCCOc1cc(CO)cc(CCO)c1C. The molecular formula is C14H22O4. The molecule has 0 aromatic heterocycles. The van der Waals surface area contributed by atoms with Gasteiger partial charge < -0.3 is 19.7 Å². The minimum Gasteiger partial charge on any atom is -0.493 e. The van der Waals surface area contributed by atoms with E-state index in [1.54, 1.807) is 7.11 Å². The van der Waals surface area contributed by atoms with E-state index >= 15 is 0 Å². The highest BCUT2D eigenvalue weighted by Crippen LogP contribution is 2.25. The van der Waals surface area contributed by atoms with Gasteiger partial charge in [-0.15, -0.1) is 0 Å². The molecule has 0 saturated heterocycles. The Labute approximate surface area is 108 Å². The molecule has 0 fully saturated rings. The Balaban J connectivity index is 2.77. The van der Waals surface area contributed by atoms with Crippen LogP contribution in [-0.2, 0) is 17.8 Å². The van der Waals surface area contributed by atoms with Crippen LogP contribution in [0.1, 0.15) is 23.1 Å². The van der Waals surface area contributed by atoms with Gasteiger partial charge in [0.05, 0.1) is 13.2 Å². The molecule has 1 rings (SSSR count). The average Bonchev–Trinajstić information content (AvgIpc) is 2.38. The molecule has 0 heterocycles. The van der Waals surface area contributed by atoms with E-state index in [1.807, 2.05) is 19.1 Å². The number of benzene rings is 1. The van der Waals surface area contributed by atoms with Gasteiger partial charge in [-0.2, -0.15) is 0 Å². The lowest BCUT2D eigenvalue weighted by Crippen LogP contribution is -2.05. The predicted octanol–water partition coefficient (Wildman–Crippen LogP) is 1.44. The number of hydrogen-bond acceptors (Lipinski definition) is 4. The van der Waals surface area contributed by atoms with Gasteiger partial charge in [-0.1, -0.05) is 6.07 Å². The first-order valence-electron chi connectivity index (χ1n) is 6.18. The molecule has 0 saturated carbocycles. The lowest BCUT2D eigenvalue weighted by Gasteiger charge is -2.14. The molecule has 4 nitrogen and oxygen atoms in total. The second-order valence-corrected chi connectivity index (χ2v) is 4.20. The van der Waals surface area contributed by atoms with Gasteiger partial charge in [0.25, 0.3) is 0 Å². The normalized spacial score (nSPS) is 10.7. The van der Waals surface area contributed by atoms with Crippen molar-refractivity contribution in [1.82, 2.24) is 0 Å². The van der Waals surface area contributed by atoms with Crippen LogP contribution in [0.5, 0.6) is 5.75 Å². The minimum absolute atomic E-state index is 0.0207. The monoisotopic (exact) mass is 254 g/mol. The number of hydrogen-bond donors (Lipinski definition) is 2. The lowest BCUT2D eigenvalue weighted by atomic mass is 10.0. The van der Waals surface area contributed by atoms with Crippen molar-refractivity contribution in [3.8, 4) is 5.75 Å². The molecule has 18 heavy (non-hydrogen) atoms. The Kier molecular flexibility index (Phi) is 6.72. The van der Waals surface area contributed by atoms with Gasteiger partial charge in [0.2, 0.25) is 0 Å². The zero-order chi connectivity index (χ0) is 13.4. The van der Waals surface area contributed by atoms with E-state index in [4.69, 9.17) is 14.6 Å². The van der Waals surface area contributed by atoms with Crippen LogP contribution >= 0.6 is 0 Å². The molecular weight excluding hydrogens is 232 g/mol. The van der Waals surface area contributed by atoms with Gasteiger partial charge >= 0.3 is 0 Å². The maximum Gasteiger partial charge on any atom is 0.122 e. The summed E-state index contributed by atoms with van der Waals surface area (Å²) < 4.78 is 10.7. The Morgan fingerprint density at radius 3 is 2.56 bits per heavy atom. The standard InChI is InChI=1S/C14H22O4/c1-11-13(4-5-15)8-12(10-16)9-14(11)18-7-3-6-17-2/h8-9,15-16H,3-7,10H2,1-2H3. The van der Waals surface area contributed by atoms with Crippen molar-refractivity contribution < 1.29 is 19.7 Å². The zero-order valence-electron chi connectivity index (χ0n) is 11.1. The van der Waals surface area contributed by atoms with E-state index in [2.05, 4.69) is 0 Å². The van der Waals surface area contributed by atoms with Crippen LogP contribution in [0.25, 0.3) is 0 Å². The quantitative estimate of drug-likeness (QED) is 0.689. The van der Waals surface area contributed by atoms with Crippen molar-refractivity contribution in [3.63, 3.8) is 0 Å². The van der Waals surface area contributed by atoms with E-state index in [0.29, 0.717) is 19.6 Å². The van der Waals surface area contributed by atoms with Crippen LogP contribution in [0, 0.1) is 6.92 Å². The molecule has 0 atom stereocenters. The van der Waals surface area contributed by atoms with Crippen molar-refractivity contribution >= 4 is 0 Å². The van der Waals surface area contributed by atoms with Crippen molar-refractivity contribution in [1.29, 1.82) is 0 Å². The second kappa shape index (κ2) is 8.08. The largest absolute Gasteiger partial charge is 0.493 e. The van der Waals surface area contributed by atoms with Gasteiger partial charge in [0.15, 0.2) is 0 Å². The highest BCUT2D eigenvalue weighted by atomic mass is 16.5. The smallest absolute Gasteiger partial charge is 0.122 e. The molecule has 1 aromatic rings. The third-order valence-corrected chi connectivity index (χ3v) is 2.84. The van der Waals surface area contributed by atoms with Crippen LogP contribution in [0.15, 0.2) is 12.1 Å². The molecule has 0 unspecified atom stereocenters. The van der Waals surface area contributed by atoms with Gasteiger partial charge in [-0.05, 0) is 36.1 Å². The van der Waals surface area contributed by atoms with Crippen LogP contribution < -0.4 is 4.74 Å². The molecule has 0 amide bonds. The fourth-order valence-corrected chi connectivity index (χ4v) is 1.82. The topological polar surface area (TPSA) is 58.9 Å². The van der Waals surface area contributed by atoms with Gasteiger partial charge in [-0.25, -0.2) is 0 Å². The summed E-state index contributed by atoms with van der Waals surface area (Å²) in [4.78, 5) is 0. The van der Waals surface area contributed by atoms with Crippen LogP contribution in [0.2, 0.25) is 0 Å². The summed E-state index contributed by atoms with van der Waals surface area (Å²) in [5.41, 5.74) is 2.86. The van der Waals surface area contributed by atoms with E-state index in [1.165, 1.54) is 0 Å². The zero-order valence-corrected chi connectivity index (χ0v) is 11.1. The maximum atomic E-state index is 9.22. The molecule has 2 N–H and O–H groups in total. The maximum absolute atomic E-state index is 9.22. The first-order chi connectivity index (χ1) is 8.72. The number of aliphatic hydroxyl groups excluding tert-OH is 2. The fraction of sp³-hybridized carbons (Fsp3) is 0.571. The van der Waals surface area contributed by atoms with Crippen molar-refractivity contribution in [2.75, 3.05) is 26.9 Å². The Bertz CT molecular complexity index is 363. The van der Waals surface area contributed by atoms with E-state index in [0.717, 1.165) is 28.9 Å². The van der Waals surface area contributed by atoms with Gasteiger partial charge in [0.1, 0.15) is 5.75 Å². The fourth-order valence-electron chi connectivity index (χ4n) is 1.82. The van der Waals surface area contributed by atoms with Crippen molar-refractivity contribution in [2.24, 2.45) is 0 Å². The lowest BCUT2D eigenvalue weighted by molar-refractivity contribution is 0.171. The highest BCUT2D eigenvalue weighted by molar-refractivity contribution is 5.43. The summed E-state index contributed by atoms with van der Waals surface area (Å²) >= 11 is 0. The summed E-state index contributed by atoms with van der Waals surface area (Å²) in [7, 11) is 1.66. The number of methoxy groups -OCH3 is 1. The molecule has 0 aliphatic rings. The number of ether oxygens (including phenoxy) is 2. The van der Waals surface area contributed by atoms with E-state index < -0.39 is 0 Å². The van der Waals surface area contributed by atoms with Crippen molar-refractivity contribution in [3.05, 3.63) is 28.8 Å². The highest BCUT2D eigenvalue weighted by Gasteiger charge is 2.08. The molecule has 102 valence electrons. The summed E-state index contributed by atoms with van der Waals surface area (Å²) in [6.45, 7) is 3.30. The summed E-state index contributed by atoms with van der Waals surface area (Å²) in [6.07, 6.45) is 1.41. The molecule has 1 aromatic carbocycles. The molecule has 0 aliphatic heterocycles. The summed E-state index contributed by atoms with van der Waals surface area (Å²) in [5.74, 6) is 0.779. The Morgan fingerprint density at radius 1 is 1.17 bits per heavy atom. The molecule has 0 bridgehead atoms. The van der Waals surface area contributed by atoms with Crippen molar-refractivity contribution in [2.45, 2.75) is 26.4 Å². The Hall–Kier alpha value is -1.10. The first kappa shape index (κ1) is 15.0. The van der Waals surface area contributed by atoms with E-state index in [-0.39, 0.29) is 13.2 Å². The minimum atomic E-state index is -0.0207. The molecule has 4 heteroatoms. The average molecular weight is 254 g/mol. The van der Waals surface area contributed by atoms with Crippen LogP contribution in [0.4, 0.5) is 0 Å². The van der Waals surface area contributed by atoms with Gasteiger partial charge in [0, 0.05) is 26.7 Å². The molecule has 0 radical (unpaired) electrons. The first-order valence-corrected chi connectivity index (χ1v) is 6.18. The third-order valence-electron chi connectivity index (χ3n) is 2.84. The molecule has 0 aliphatic carbocycles. The number of aliphatic hydroxyl groups is 2. The number of rotatable bonds is 8. The second-order valence-electron chi connectivity index (χ2n) is 4.20. The van der Waals surface area contributed by atoms with Crippen LogP contribution in [0.3, 0.4) is 0 Å². The predicted molar refractivity (Wildman–Crippen MR) is 69.9 cm³/mol. The Morgan fingerprint density at radius 2 is 1.94 bits per heavy atom. The third kappa shape index (κ3) is 4.29. The van der Waals surface area contributed by atoms with Gasteiger partial charge in [-0.3, -0.25) is 0 Å².